The molecule has 3 heterocycles. The zero-order chi connectivity index (χ0) is 27.7. The van der Waals surface area contributed by atoms with E-state index in [9.17, 15) is 14.7 Å². The quantitative estimate of drug-likeness (QED) is 0.252. The number of Topliss-reactive ketones (excluding diaryl/α,β-unsaturated/α-hetero) is 1. The summed E-state index contributed by atoms with van der Waals surface area (Å²) < 4.78 is 11.3. The van der Waals surface area contributed by atoms with Gasteiger partial charge >= 0.3 is 0 Å². The number of hydrogen-bond donors (Lipinski definition) is 1. The van der Waals surface area contributed by atoms with E-state index in [2.05, 4.69) is 37.8 Å². The number of likely N-dealkylation sites (tertiary alicyclic amines) is 2. The SMILES string of the molecule is COc1ccc(/C(O)=C2/C(=O)C(=O)N(C3CCN(Cc4ccccc4)CC3)C2c2ccco2)cc1C(C)(C)C. The highest BCUT2D eigenvalue weighted by molar-refractivity contribution is 6.46. The molecule has 1 atom stereocenters. The van der Waals surface area contributed by atoms with E-state index >= 15 is 0 Å². The predicted octanol–water partition coefficient (Wildman–Crippen LogP) is 5.67. The molecule has 2 aliphatic heterocycles. The van der Waals surface area contributed by atoms with Gasteiger partial charge in [0.05, 0.1) is 18.9 Å². The molecule has 1 amide bonds. The molecule has 0 saturated carbocycles. The van der Waals surface area contributed by atoms with Crippen LogP contribution in [0.5, 0.6) is 5.75 Å². The van der Waals surface area contributed by atoms with Crippen LogP contribution in [-0.2, 0) is 21.5 Å². The summed E-state index contributed by atoms with van der Waals surface area (Å²) in [7, 11) is 1.61. The van der Waals surface area contributed by atoms with Gasteiger partial charge < -0.3 is 19.2 Å². The minimum absolute atomic E-state index is 0.0618. The number of nitrogens with zero attached hydrogens (tertiary/aromatic N) is 2. The summed E-state index contributed by atoms with van der Waals surface area (Å²) >= 11 is 0. The van der Waals surface area contributed by atoms with Crippen LogP contribution in [0, 0.1) is 0 Å². The van der Waals surface area contributed by atoms with Gasteiger partial charge in [0.25, 0.3) is 11.7 Å². The second-order valence-corrected chi connectivity index (χ2v) is 11.4. The molecule has 0 radical (unpaired) electrons. The molecule has 5 rings (SSSR count). The van der Waals surface area contributed by atoms with Crippen molar-refractivity contribution in [1.82, 2.24) is 9.80 Å². The number of aliphatic hydroxyl groups is 1. The molecule has 39 heavy (non-hydrogen) atoms. The largest absolute Gasteiger partial charge is 0.507 e. The lowest BCUT2D eigenvalue weighted by Gasteiger charge is -2.38. The van der Waals surface area contributed by atoms with E-state index in [0.29, 0.717) is 17.1 Å². The van der Waals surface area contributed by atoms with Gasteiger partial charge in [0.15, 0.2) is 0 Å². The Hall–Kier alpha value is -3.84. The van der Waals surface area contributed by atoms with Crippen LogP contribution in [0.4, 0.5) is 0 Å². The number of ether oxygens (including phenoxy) is 1. The fraction of sp³-hybridized carbons (Fsp3) is 0.375. The van der Waals surface area contributed by atoms with Crippen molar-refractivity contribution in [3.8, 4) is 5.75 Å². The molecule has 204 valence electrons. The Balaban J connectivity index is 1.48. The molecule has 1 N–H and O–H groups in total. The molecule has 2 saturated heterocycles. The van der Waals surface area contributed by atoms with Crippen molar-refractivity contribution in [2.45, 2.75) is 57.7 Å². The van der Waals surface area contributed by atoms with Crippen LogP contribution in [0.3, 0.4) is 0 Å². The Bertz CT molecular complexity index is 1360. The number of aliphatic hydroxyl groups excluding tert-OH is 1. The molecule has 1 unspecified atom stereocenters. The fourth-order valence-corrected chi connectivity index (χ4v) is 5.75. The first kappa shape index (κ1) is 26.8. The Kier molecular flexibility index (Phi) is 7.36. The van der Waals surface area contributed by atoms with E-state index in [1.165, 1.54) is 11.8 Å². The van der Waals surface area contributed by atoms with E-state index in [-0.39, 0.29) is 22.8 Å². The Morgan fingerprint density at radius 2 is 1.74 bits per heavy atom. The zero-order valence-corrected chi connectivity index (χ0v) is 23.0. The van der Waals surface area contributed by atoms with Crippen LogP contribution in [0.1, 0.15) is 62.1 Å². The number of amides is 1. The number of furan rings is 1. The Morgan fingerprint density at radius 1 is 1.03 bits per heavy atom. The van der Waals surface area contributed by atoms with Crippen molar-refractivity contribution >= 4 is 17.4 Å². The second-order valence-electron chi connectivity index (χ2n) is 11.4. The highest BCUT2D eigenvalue weighted by atomic mass is 16.5. The highest BCUT2D eigenvalue weighted by Crippen LogP contribution is 2.43. The Morgan fingerprint density at radius 3 is 2.36 bits per heavy atom. The molecule has 7 heteroatoms. The molecule has 0 bridgehead atoms. The molecule has 2 aromatic carbocycles. The molecule has 0 aliphatic carbocycles. The topological polar surface area (TPSA) is 83.2 Å². The van der Waals surface area contributed by atoms with Crippen molar-refractivity contribution in [1.29, 1.82) is 0 Å². The van der Waals surface area contributed by atoms with Gasteiger partial charge in [-0.05, 0) is 54.2 Å². The van der Waals surface area contributed by atoms with Gasteiger partial charge in [0.1, 0.15) is 23.3 Å². The van der Waals surface area contributed by atoms with Gasteiger partial charge in [-0.15, -0.1) is 0 Å². The van der Waals surface area contributed by atoms with Crippen LogP contribution >= 0.6 is 0 Å². The average molecular weight is 529 g/mol. The van der Waals surface area contributed by atoms with Gasteiger partial charge in [-0.3, -0.25) is 14.5 Å². The summed E-state index contributed by atoms with van der Waals surface area (Å²) in [5.41, 5.74) is 2.41. The fourth-order valence-electron chi connectivity index (χ4n) is 5.75. The number of ketones is 1. The first-order valence-electron chi connectivity index (χ1n) is 13.5. The third kappa shape index (κ3) is 5.23. The number of piperidine rings is 1. The van der Waals surface area contributed by atoms with E-state index in [1.807, 2.05) is 24.3 Å². The number of carbonyl (C=O) groups is 2. The van der Waals surface area contributed by atoms with Crippen LogP contribution in [-0.4, -0.2) is 52.8 Å². The van der Waals surface area contributed by atoms with Gasteiger partial charge in [-0.1, -0.05) is 51.1 Å². The smallest absolute Gasteiger partial charge is 0.296 e. The minimum atomic E-state index is -0.786. The van der Waals surface area contributed by atoms with Gasteiger partial charge in [-0.2, -0.15) is 0 Å². The lowest BCUT2D eigenvalue weighted by Crippen LogP contribution is -2.46. The number of benzene rings is 2. The average Bonchev–Trinajstić information content (AvgIpc) is 3.55. The molecular formula is C32H36N2O5. The number of hydrogen-bond acceptors (Lipinski definition) is 6. The monoisotopic (exact) mass is 528 g/mol. The molecule has 2 aliphatic rings. The summed E-state index contributed by atoms with van der Waals surface area (Å²) in [6, 6.07) is 18.2. The van der Waals surface area contributed by atoms with Crippen LogP contribution < -0.4 is 4.74 Å². The summed E-state index contributed by atoms with van der Waals surface area (Å²) in [4.78, 5) is 31.0. The van der Waals surface area contributed by atoms with Crippen molar-refractivity contribution in [2.24, 2.45) is 0 Å². The number of carbonyl (C=O) groups excluding carboxylic acids is 2. The van der Waals surface area contributed by atoms with Crippen LogP contribution in [0.15, 0.2) is 76.9 Å². The predicted molar refractivity (Wildman–Crippen MR) is 149 cm³/mol. The summed E-state index contributed by atoms with van der Waals surface area (Å²) in [5, 5.41) is 11.5. The molecular weight excluding hydrogens is 492 g/mol. The van der Waals surface area contributed by atoms with E-state index in [0.717, 1.165) is 38.0 Å². The molecule has 0 spiro atoms. The van der Waals surface area contributed by atoms with Crippen molar-refractivity contribution in [3.63, 3.8) is 0 Å². The van der Waals surface area contributed by atoms with Crippen molar-refractivity contribution in [3.05, 3.63) is 95.0 Å². The summed E-state index contributed by atoms with van der Waals surface area (Å²) in [6.45, 7) is 8.63. The number of rotatable bonds is 6. The van der Waals surface area contributed by atoms with E-state index < -0.39 is 17.7 Å². The lowest BCUT2D eigenvalue weighted by atomic mass is 9.84. The zero-order valence-electron chi connectivity index (χ0n) is 23.0. The molecule has 3 aromatic rings. The lowest BCUT2D eigenvalue weighted by molar-refractivity contribution is -0.142. The minimum Gasteiger partial charge on any atom is -0.507 e. The maximum atomic E-state index is 13.5. The van der Waals surface area contributed by atoms with Crippen LogP contribution in [0.2, 0.25) is 0 Å². The normalized spacial score (nSPS) is 20.5. The first-order valence-corrected chi connectivity index (χ1v) is 13.5. The maximum absolute atomic E-state index is 13.5. The standard InChI is InChI=1S/C32H36N2O5/c1-32(2,3)24-19-22(12-13-25(24)38-4)29(35)27-28(26-11-8-18-39-26)34(31(37)30(27)36)23-14-16-33(17-15-23)20-21-9-6-5-7-10-21/h5-13,18-19,23,28,35H,14-17,20H2,1-4H3/b29-27-. The first-order chi connectivity index (χ1) is 18.7. The highest BCUT2D eigenvalue weighted by Gasteiger charge is 2.50. The molecule has 1 aromatic heterocycles. The van der Waals surface area contributed by atoms with E-state index in [4.69, 9.17) is 9.15 Å². The Labute approximate surface area is 229 Å². The third-order valence-corrected chi connectivity index (χ3v) is 7.77. The van der Waals surface area contributed by atoms with Crippen LogP contribution in [0.25, 0.3) is 5.76 Å². The van der Waals surface area contributed by atoms with Crippen molar-refractivity contribution in [2.75, 3.05) is 20.2 Å². The third-order valence-electron chi connectivity index (χ3n) is 7.77. The van der Waals surface area contributed by atoms with E-state index in [1.54, 1.807) is 36.3 Å². The van der Waals surface area contributed by atoms with Gasteiger partial charge in [0, 0.05) is 36.8 Å². The maximum Gasteiger partial charge on any atom is 0.296 e. The molecule has 2 fully saturated rings. The summed E-state index contributed by atoms with van der Waals surface area (Å²) in [6.07, 6.45) is 2.99. The van der Waals surface area contributed by atoms with Crippen molar-refractivity contribution < 1.29 is 23.8 Å². The van der Waals surface area contributed by atoms with Gasteiger partial charge in [-0.25, -0.2) is 0 Å². The molecule has 7 nitrogen and oxygen atoms in total. The second kappa shape index (κ2) is 10.7. The summed E-state index contributed by atoms with van der Waals surface area (Å²) in [5.74, 6) is -0.318. The number of methoxy groups -OCH3 is 1. The van der Waals surface area contributed by atoms with Gasteiger partial charge in [0.2, 0.25) is 0 Å².